The second-order valence-electron chi connectivity index (χ2n) is 5.13. The van der Waals surface area contributed by atoms with Gasteiger partial charge in [0, 0.05) is 0 Å². The lowest BCUT2D eigenvalue weighted by Crippen LogP contribution is -2.64. The summed E-state index contributed by atoms with van der Waals surface area (Å²) in [6.45, 7) is -1.84. The van der Waals surface area contributed by atoms with Crippen LogP contribution in [0.3, 0.4) is 0 Å². The minimum atomic E-state index is -3.68. The van der Waals surface area contributed by atoms with Gasteiger partial charge in [0.05, 0.1) is 17.3 Å². The van der Waals surface area contributed by atoms with Crippen molar-refractivity contribution in [1.29, 1.82) is 0 Å². The van der Waals surface area contributed by atoms with Crippen LogP contribution in [0.25, 0.3) is 0 Å². The van der Waals surface area contributed by atoms with E-state index >= 15 is 0 Å². The van der Waals surface area contributed by atoms with Crippen LogP contribution in [0.1, 0.15) is 4.11 Å². The lowest BCUT2D eigenvalue weighted by molar-refractivity contribution is -0.355. The van der Waals surface area contributed by atoms with Gasteiger partial charge in [-0.15, -0.1) is 0 Å². The maximum absolute atomic E-state index is 10.2. The molecule has 23 heavy (non-hydrogen) atoms. The first-order valence-electron chi connectivity index (χ1n) is 8.23. The van der Waals surface area contributed by atoms with Crippen LogP contribution in [0.2, 0.25) is 0 Å². The molecule has 2 heterocycles. The van der Waals surface area contributed by atoms with Gasteiger partial charge in [-0.05, 0) is 0 Å². The second kappa shape index (κ2) is 7.63. The highest BCUT2D eigenvalue weighted by molar-refractivity contribution is 4.93. The molecule has 0 saturated carbocycles. The number of ether oxygens (including phenoxy) is 3. The third-order valence-corrected chi connectivity index (χ3v) is 3.62. The number of hydrogen-bond donors (Lipinski definition) is 8. The summed E-state index contributed by atoms with van der Waals surface area (Å²) in [6, 6.07) is 0. The van der Waals surface area contributed by atoms with Crippen molar-refractivity contribution in [3.05, 3.63) is 0 Å². The van der Waals surface area contributed by atoms with E-state index in [1.165, 1.54) is 0 Å². The molecule has 2 fully saturated rings. The Bertz CT molecular complexity index is 503. The van der Waals surface area contributed by atoms with Gasteiger partial charge >= 0.3 is 0 Å². The first-order valence-corrected chi connectivity index (χ1v) is 6.73. The van der Waals surface area contributed by atoms with E-state index in [1.54, 1.807) is 0 Å². The molecule has 0 bridgehead atoms. The molecule has 0 aromatic heterocycles. The number of aliphatic hydroxyl groups is 8. The average Bonchev–Trinajstić information content (AvgIpc) is 2.56. The molecule has 10 atom stereocenters. The molecule has 2 saturated heterocycles. The molecule has 1 unspecified atom stereocenters. The van der Waals surface area contributed by atoms with Gasteiger partial charge < -0.3 is 55.1 Å². The van der Waals surface area contributed by atoms with Gasteiger partial charge in [0.15, 0.2) is 12.6 Å². The Morgan fingerprint density at radius 3 is 1.96 bits per heavy atom. The van der Waals surface area contributed by atoms with Crippen molar-refractivity contribution in [3.63, 3.8) is 0 Å². The maximum Gasteiger partial charge on any atom is 0.187 e. The van der Waals surface area contributed by atoms with E-state index in [9.17, 15) is 35.7 Å². The van der Waals surface area contributed by atoms with E-state index in [4.69, 9.17) is 18.7 Å². The van der Waals surface area contributed by atoms with Gasteiger partial charge in [-0.3, -0.25) is 0 Å². The van der Waals surface area contributed by atoms with E-state index in [0.29, 0.717) is 0 Å². The molecule has 0 spiro atoms. The molecular weight excluding hydrogens is 320 g/mol. The van der Waals surface area contributed by atoms with Crippen LogP contribution in [0, 0.1) is 0 Å². The molecule has 2 aliphatic rings. The summed E-state index contributed by atoms with van der Waals surface area (Å²) in [5.41, 5.74) is 0. The lowest BCUT2D eigenvalue weighted by atomic mass is 9.97. The van der Waals surface area contributed by atoms with Crippen LogP contribution in [0.15, 0.2) is 0 Å². The fraction of sp³-hybridized carbons (Fsp3) is 1.00. The van der Waals surface area contributed by atoms with E-state index in [2.05, 4.69) is 4.74 Å². The van der Waals surface area contributed by atoms with Crippen LogP contribution in [-0.4, -0.2) is 115 Å². The predicted octanol–water partition coefficient (Wildman–Crippen LogP) is -5.40. The average molecular weight is 345 g/mol. The molecule has 2 aliphatic heterocycles. The van der Waals surface area contributed by atoms with Crippen LogP contribution in [0.4, 0.5) is 0 Å². The Balaban J connectivity index is 2.31. The van der Waals surface area contributed by atoms with E-state index in [0.717, 1.165) is 0 Å². The van der Waals surface area contributed by atoms with Crippen molar-refractivity contribution < 1.29 is 59.2 Å². The van der Waals surface area contributed by atoms with Crippen molar-refractivity contribution in [2.45, 2.75) is 61.3 Å². The minimum Gasteiger partial charge on any atom is -0.394 e. The molecule has 0 aliphatic carbocycles. The largest absolute Gasteiger partial charge is 0.394 e. The van der Waals surface area contributed by atoms with Crippen molar-refractivity contribution in [2.75, 3.05) is 13.2 Å². The van der Waals surface area contributed by atoms with Crippen LogP contribution < -0.4 is 0 Å². The Hall–Kier alpha value is -0.440. The molecule has 11 heteroatoms. The Kier molecular flexibility index (Phi) is 4.93. The third kappa shape index (κ3) is 3.65. The normalized spacial score (nSPS) is 63.1. The van der Waals surface area contributed by atoms with Crippen molar-refractivity contribution >= 4 is 0 Å². The summed E-state index contributed by atoms with van der Waals surface area (Å²) in [4.78, 5) is 0. The Labute approximate surface area is 135 Å². The number of rotatable bonds is 4. The zero-order valence-electron chi connectivity index (χ0n) is 14.8. The molecule has 8 N–H and O–H groups in total. The summed E-state index contributed by atoms with van der Waals surface area (Å²) >= 11 is 0. The van der Waals surface area contributed by atoms with E-state index in [1.807, 2.05) is 0 Å². The summed E-state index contributed by atoms with van der Waals surface area (Å²) in [5, 5.41) is 77.5. The zero-order chi connectivity index (χ0) is 20.1. The molecule has 0 aromatic carbocycles. The summed E-state index contributed by atoms with van der Waals surface area (Å²) in [7, 11) is 0. The van der Waals surface area contributed by atoms with Gasteiger partial charge in [-0.1, -0.05) is 0 Å². The smallest absolute Gasteiger partial charge is 0.187 e. The predicted molar refractivity (Wildman–Crippen MR) is 68.6 cm³/mol. The summed E-state index contributed by atoms with van der Waals surface area (Å²) in [6.07, 6.45) is -23.4. The standard InChI is InChI=1S/C12H22O11/c13-1-3-5(15)6(16)9(19)12(22-3)23-10-4(2-14)21-11(20)8(18)7(10)17/h3-20H,1-2H2/t3-,4-,5+,6+,7-,8-,9-,10-,11?,12+/m1/s1/i7D,8D,11D. The van der Waals surface area contributed by atoms with E-state index in [-0.39, 0.29) is 0 Å². The lowest BCUT2D eigenvalue weighted by Gasteiger charge is -2.45. The monoisotopic (exact) mass is 345 g/mol. The van der Waals surface area contributed by atoms with Crippen LogP contribution in [0.5, 0.6) is 0 Å². The fourth-order valence-electron chi connectivity index (χ4n) is 2.29. The summed E-state index contributed by atoms with van der Waals surface area (Å²) < 4.78 is 37.3. The maximum atomic E-state index is 10.2. The molecule has 2 rings (SSSR count). The molecule has 136 valence electrons. The molecular formula is C12H22O11. The Morgan fingerprint density at radius 1 is 0.783 bits per heavy atom. The van der Waals surface area contributed by atoms with Gasteiger partial charge in [-0.25, -0.2) is 0 Å². The Morgan fingerprint density at radius 2 is 1.39 bits per heavy atom. The number of hydrogen-bond acceptors (Lipinski definition) is 11. The summed E-state index contributed by atoms with van der Waals surface area (Å²) in [5.74, 6) is 0. The van der Waals surface area contributed by atoms with Crippen molar-refractivity contribution in [2.24, 2.45) is 0 Å². The second-order valence-corrected chi connectivity index (χ2v) is 5.13. The first kappa shape index (κ1) is 14.9. The first-order chi connectivity index (χ1) is 11.8. The molecule has 11 nitrogen and oxygen atoms in total. The minimum absolute atomic E-state index is 0.796. The van der Waals surface area contributed by atoms with Crippen molar-refractivity contribution in [1.82, 2.24) is 0 Å². The van der Waals surface area contributed by atoms with Crippen molar-refractivity contribution in [3.8, 4) is 0 Å². The highest BCUT2D eigenvalue weighted by Crippen LogP contribution is 2.28. The highest BCUT2D eigenvalue weighted by atomic mass is 16.7. The molecule has 0 amide bonds. The van der Waals surface area contributed by atoms with Gasteiger partial charge in [0.1, 0.15) is 48.8 Å². The fourth-order valence-corrected chi connectivity index (χ4v) is 2.29. The number of aliphatic hydroxyl groups excluding tert-OH is 5. The molecule has 0 aromatic rings. The zero-order valence-corrected chi connectivity index (χ0v) is 11.8. The topological polar surface area (TPSA) is 190 Å². The SMILES string of the molecule is [2H]C1(O)O[C@H](CO)[C@@H](O[C@@H]2O[C@H](CO)[C@H](O)[C@H](O)[C@H]2O)[C@]([2H])(O)[C@@]1([2H])O. The third-order valence-electron chi connectivity index (χ3n) is 3.62. The van der Waals surface area contributed by atoms with Gasteiger partial charge in [-0.2, -0.15) is 0 Å². The van der Waals surface area contributed by atoms with Gasteiger partial charge in [0.2, 0.25) is 0 Å². The van der Waals surface area contributed by atoms with Crippen LogP contribution >= 0.6 is 0 Å². The van der Waals surface area contributed by atoms with Crippen LogP contribution in [-0.2, 0) is 14.2 Å². The van der Waals surface area contributed by atoms with Gasteiger partial charge in [0.25, 0.3) is 0 Å². The highest BCUT2D eigenvalue weighted by Gasteiger charge is 2.50. The molecule has 0 radical (unpaired) electrons. The van der Waals surface area contributed by atoms with E-state index < -0.39 is 74.6 Å². The quantitative estimate of drug-likeness (QED) is 0.243.